The first kappa shape index (κ1) is 18.5. The summed E-state index contributed by atoms with van der Waals surface area (Å²) in [5, 5.41) is 9.74. The van der Waals surface area contributed by atoms with Gasteiger partial charge in [-0.15, -0.1) is 0 Å². The Hall–Kier alpha value is -4.52. The molecule has 0 atom stereocenters. The Labute approximate surface area is 178 Å². The predicted octanol–water partition coefficient (Wildman–Crippen LogP) is 4.18. The van der Waals surface area contributed by atoms with E-state index >= 15 is 0 Å². The molecule has 2 N–H and O–H groups in total. The summed E-state index contributed by atoms with van der Waals surface area (Å²) in [4.78, 5) is 19.9. The third kappa shape index (κ3) is 3.72. The third-order valence-electron chi connectivity index (χ3n) is 4.90. The summed E-state index contributed by atoms with van der Waals surface area (Å²) in [6, 6.07) is 21.2. The quantitative estimate of drug-likeness (QED) is 0.339. The summed E-state index contributed by atoms with van der Waals surface area (Å²) < 4.78 is 1.78. The lowest BCUT2D eigenvalue weighted by molar-refractivity contribution is 0.0957. The van der Waals surface area contributed by atoms with Gasteiger partial charge in [-0.2, -0.15) is 10.2 Å². The van der Waals surface area contributed by atoms with Crippen molar-refractivity contribution in [2.75, 3.05) is 0 Å². The molecule has 0 saturated carbocycles. The van der Waals surface area contributed by atoms with E-state index in [2.05, 4.69) is 20.5 Å². The van der Waals surface area contributed by atoms with Crippen LogP contribution in [0.3, 0.4) is 0 Å². The van der Waals surface area contributed by atoms with Gasteiger partial charge >= 0.3 is 0 Å². The number of aromatic amines is 1. The summed E-state index contributed by atoms with van der Waals surface area (Å²) in [6.07, 6.45) is 8.62. The number of hydrogen-bond acceptors (Lipinski definition) is 4. The molecule has 31 heavy (non-hydrogen) atoms. The largest absolute Gasteiger partial charge is 0.360 e. The summed E-state index contributed by atoms with van der Waals surface area (Å²) in [7, 11) is 0. The van der Waals surface area contributed by atoms with Crippen molar-refractivity contribution in [1.82, 2.24) is 25.2 Å². The SMILES string of the molecule is O=C(NN=Cc1cn(-c2ccccc2)nc1-c1cccnc1)c1c[nH]c2ccccc12. The van der Waals surface area contributed by atoms with Crippen LogP contribution in [0.4, 0.5) is 0 Å². The van der Waals surface area contributed by atoms with E-state index in [4.69, 9.17) is 5.10 Å². The topological polar surface area (TPSA) is 88.0 Å². The highest BCUT2D eigenvalue weighted by molar-refractivity contribution is 6.06. The Kier molecular flexibility index (Phi) is 4.82. The highest BCUT2D eigenvalue weighted by Crippen LogP contribution is 2.22. The highest BCUT2D eigenvalue weighted by atomic mass is 16.2. The lowest BCUT2D eigenvalue weighted by atomic mass is 10.1. The van der Waals surface area contributed by atoms with Gasteiger partial charge in [0.2, 0.25) is 0 Å². The number of amides is 1. The Morgan fingerprint density at radius 2 is 1.87 bits per heavy atom. The molecule has 0 saturated heterocycles. The first-order valence-corrected chi connectivity index (χ1v) is 9.74. The number of aromatic nitrogens is 4. The Morgan fingerprint density at radius 1 is 1.03 bits per heavy atom. The zero-order chi connectivity index (χ0) is 21.0. The molecular formula is C24H18N6O. The smallest absolute Gasteiger partial charge is 0.273 e. The number of H-pyrrole nitrogens is 1. The number of fused-ring (bicyclic) bond motifs is 1. The summed E-state index contributed by atoms with van der Waals surface area (Å²) in [5.74, 6) is -0.285. The average Bonchev–Trinajstić information content (AvgIpc) is 3.45. The van der Waals surface area contributed by atoms with Crippen molar-refractivity contribution in [3.05, 3.63) is 103 Å². The lowest BCUT2D eigenvalue weighted by Gasteiger charge is -2.00. The van der Waals surface area contributed by atoms with Crippen molar-refractivity contribution < 1.29 is 4.79 Å². The van der Waals surface area contributed by atoms with Crippen molar-refractivity contribution in [2.45, 2.75) is 0 Å². The van der Waals surface area contributed by atoms with Crippen LogP contribution in [0.1, 0.15) is 15.9 Å². The van der Waals surface area contributed by atoms with Gasteiger partial charge in [-0.05, 0) is 30.3 Å². The van der Waals surface area contributed by atoms with Gasteiger partial charge in [0, 0.05) is 46.8 Å². The van der Waals surface area contributed by atoms with Crippen LogP contribution in [0, 0.1) is 0 Å². The molecule has 0 radical (unpaired) electrons. The number of benzene rings is 2. The molecule has 3 heterocycles. The van der Waals surface area contributed by atoms with Crippen molar-refractivity contribution in [1.29, 1.82) is 0 Å². The summed E-state index contributed by atoms with van der Waals surface area (Å²) in [5.41, 5.74) is 7.33. The zero-order valence-electron chi connectivity index (χ0n) is 16.4. The lowest BCUT2D eigenvalue weighted by Crippen LogP contribution is -2.17. The van der Waals surface area contributed by atoms with Crippen LogP contribution >= 0.6 is 0 Å². The van der Waals surface area contributed by atoms with Crippen molar-refractivity contribution >= 4 is 23.0 Å². The van der Waals surface area contributed by atoms with E-state index in [0.29, 0.717) is 5.56 Å². The molecule has 7 heteroatoms. The molecule has 2 aromatic carbocycles. The molecule has 0 fully saturated rings. The Morgan fingerprint density at radius 3 is 2.71 bits per heavy atom. The van der Waals surface area contributed by atoms with Crippen LogP contribution in [0.2, 0.25) is 0 Å². The first-order valence-electron chi connectivity index (χ1n) is 9.74. The number of carbonyl (C=O) groups excluding carboxylic acids is 1. The maximum Gasteiger partial charge on any atom is 0.273 e. The van der Waals surface area contributed by atoms with E-state index in [0.717, 1.165) is 33.4 Å². The van der Waals surface area contributed by atoms with Gasteiger partial charge in [-0.25, -0.2) is 10.1 Å². The average molecular weight is 406 g/mol. The summed E-state index contributed by atoms with van der Waals surface area (Å²) in [6.45, 7) is 0. The number of nitrogens with one attached hydrogen (secondary N) is 2. The molecule has 150 valence electrons. The van der Waals surface area contributed by atoms with Crippen LogP contribution in [-0.4, -0.2) is 31.9 Å². The number of rotatable bonds is 5. The zero-order valence-corrected chi connectivity index (χ0v) is 16.4. The Bertz CT molecular complexity index is 1370. The molecular weight excluding hydrogens is 388 g/mol. The third-order valence-corrected chi connectivity index (χ3v) is 4.90. The molecule has 5 aromatic rings. The van der Waals surface area contributed by atoms with Crippen LogP contribution in [0.15, 0.2) is 96.6 Å². The molecule has 0 aliphatic rings. The van der Waals surface area contributed by atoms with E-state index in [-0.39, 0.29) is 5.91 Å². The second-order valence-corrected chi connectivity index (χ2v) is 6.90. The maximum atomic E-state index is 12.6. The normalized spacial score (nSPS) is 11.2. The molecule has 3 aromatic heterocycles. The van der Waals surface area contributed by atoms with Gasteiger partial charge in [0.25, 0.3) is 5.91 Å². The number of para-hydroxylation sites is 2. The minimum Gasteiger partial charge on any atom is -0.360 e. The number of pyridine rings is 1. The van der Waals surface area contributed by atoms with Crippen molar-refractivity contribution in [2.24, 2.45) is 5.10 Å². The second-order valence-electron chi connectivity index (χ2n) is 6.90. The number of carbonyl (C=O) groups is 1. The fourth-order valence-corrected chi connectivity index (χ4v) is 3.40. The standard InChI is InChI=1S/C24H18N6O/c31-24(21-15-26-22-11-5-4-10-20(21)22)28-27-14-18-16-30(19-8-2-1-3-9-19)29-23(18)17-7-6-12-25-13-17/h1-16,26H,(H,28,31). The fourth-order valence-electron chi connectivity index (χ4n) is 3.40. The van der Waals surface area contributed by atoms with Gasteiger partial charge in [-0.1, -0.05) is 36.4 Å². The number of nitrogens with zero attached hydrogens (tertiary/aromatic N) is 4. The molecule has 0 spiro atoms. The van der Waals surface area contributed by atoms with Gasteiger partial charge in [0.05, 0.1) is 17.5 Å². The minimum absolute atomic E-state index is 0.285. The molecule has 5 rings (SSSR count). The molecule has 0 aliphatic heterocycles. The monoisotopic (exact) mass is 406 g/mol. The van der Waals surface area contributed by atoms with E-state index in [1.54, 1.807) is 29.5 Å². The number of hydrazone groups is 1. The molecule has 0 bridgehead atoms. The molecule has 0 aliphatic carbocycles. The van der Waals surface area contributed by atoms with E-state index < -0.39 is 0 Å². The van der Waals surface area contributed by atoms with Crippen molar-refractivity contribution in [3.8, 4) is 16.9 Å². The van der Waals surface area contributed by atoms with Crippen LogP contribution < -0.4 is 5.43 Å². The first-order chi connectivity index (χ1) is 15.3. The molecule has 7 nitrogen and oxygen atoms in total. The maximum absolute atomic E-state index is 12.6. The minimum atomic E-state index is -0.285. The fraction of sp³-hybridized carbons (Fsp3) is 0. The Balaban J connectivity index is 1.44. The van der Waals surface area contributed by atoms with E-state index in [9.17, 15) is 4.79 Å². The van der Waals surface area contributed by atoms with E-state index in [1.165, 1.54) is 0 Å². The molecule has 0 unspecified atom stereocenters. The van der Waals surface area contributed by atoms with Crippen LogP contribution in [-0.2, 0) is 0 Å². The molecule has 1 amide bonds. The van der Waals surface area contributed by atoms with Gasteiger partial charge in [0.1, 0.15) is 5.69 Å². The van der Waals surface area contributed by atoms with Gasteiger partial charge in [0.15, 0.2) is 0 Å². The van der Waals surface area contributed by atoms with Gasteiger partial charge < -0.3 is 4.98 Å². The van der Waals surface area contributed by atoms with Crippen LogP contribution in [0.25, 0.3) is 27.8 Å². The second kappa shape index (κ2) is 8.08. The number of hydrogen-bond donors (Lipinski definition) is 2. The van der Waals surface area contributed by atoms with Gasteiger partial charge in [-0.3, -0.25) is 9.78 Å². The van der Waals surface area contributed by atoms with Crippen molar-refractivity contribution in [3.63, 3.8) is 0 Å². The van der Waals surface area contributed by atoms with Crippen LogP contribution in [0.5, 0.6) is 0 Å². The van der Waals surface area contributed by atoms with E-state index in [1.807, 2.05) is 72.9 Å². The predicted molar refractivity (Wildman–Crippen MR) is 120 cm³/mol. The highest BCUT2D eigenvalue weighted by Gasteiger charge is 2.13. The summed E-state index contributed by atoms with van der Waals surface area (Å²) >= 11 is 0.